The van der Waals surface area contributed by atoms with Gasteiger partial charge in [-0.3, -0.25) is 4.98 Å². The van der Waals surface area contributed by atoms with Crippen molar-refractivity contribution >= 4 is 10.8 Å². The van der Waals surface area contributed by atoms with Gasteiger partial charge in [-0.15, -0.1) is 0 Å². The van der Waals surface area contributed by atoms with Crippen LogP contribution in [0.5, 0.6) is 0 Å². The number of rotatable bonds is 4. The average molecular weight is 228 g/mol. The maximum Gasteiger partial charge on any atom is 0.0349 e. The van der Waals surface area contributed by atoms with Crippen molar-refractivity contribution in [2.24, 2.45) is 11.7 Å². The van der Waals surface area contributed by atoms with Gasteiger partial charge in [0.1, 0.15) is 0 Å². The van der Waals surface area contributed by atoms with Crippen molar-refractivity contribution < 1.29 is 0 Å². The number of fused-ring (bicyclic) bond motifs is 1. The van der Waals surface area contributed by atoms with E-state index in [1.807, 2.05) is 18.5 Å². The third-order valence-corrected chi connectivity index (χ3v) is 3.63. The molecular formula is C15H20N2. The van der Waals surface area contributed by atoms with E-state index in [0.29, 0.717) is 5.92 Å². The molecule has 0 aliphatic carbocycles. The van der Waals surface area contributed by atoms with Gasteiger partial charge < -0.3 is 5.73 Å². The maximum absolute atomic E-state index is 6.40. The number of benzene rings is 1. The van der Waals surface area contributed by atoms with Gasteiger partial charge in [-0.25, -0.2) is 0 Å². The summed E-state index contributed by atoms with van der Waals surface area (Å²) in [6.45, 7) is 4.41. The zero-order valence-electron chi connectivity index (χ0n) is 10.6. The summed E-state index contributed by atoms with van der Waals surface area (Å²) in [6.07, 6.45) is 5.99. The second kappa shape index (κ2) is 5.28. The molecular weight excluding hydrogens is 208 g/mol. The highest BCUT2D eigenvalue weighted by molar-refractivity contribution is 5.85. The van der Waals surface area contributed by atoms with E-state index in [9.17, 15) is 0 Å². The molecule has 2 aromatic rings. The summed E-state index contributed by atoms with van der Waals surface area (Å²) in [5, 5.41) is 2.41. The second-order valence-corrected chi connectivity index (χ2v) is 4.55. The fourth-order valence-corrected chi connectivity index (χ4v) is 2.48. The van der Waals surface area contributed by atoms with Crippen molar-refractivity contribution in [3.8, 4) is 0 Å². The fourth-order valence-electron chi connectivity index (χ4n) is 2.48. The number of hydrogen-bond acceptors (Lipinski definition) is 2. The molecule has 1 heterocycles. The van der Waals surface area contributed by atoms with Crippen molar-refractivity contribution in [3.05, 3.63) is 42.2 Å². The van der Waals surface area contributed by atoms with Crippen molar-refractivity contribution in [3.63, 3.8) is 0 Å². The monoisotopic (exact) mass is 228 g/mol. The summed E-state index contributed by atoms with van der Waals surface area (Å²) in [7, 11) is 0. The van der Waals surface area contributed by atoms with E-state index >= 15 is 0 Å². The Kier molecular flexibility index (Phi) is 3.75. The van der Waals surface area contributed by atoms with Crippen LogP contribution in [0.1, 0.15) is 38.3 Å². The molecule has 2 rings (SSSR count). The molecule has 1 aromatic heterocycles. The van der Waals surface area contributed by atoms with Gasteiger partial charge >= 0.3 is 0 Å². The summed E-state index contributed by atoms with van der Waals surface area (Å²) in [6, 6.07) is 8.48. The lowest BCUT2D eigenvalue weighted by atomic mass is 9.87. The van der Waals surface area contributed by atoms with Crippen molar-refractivity contribution in [2.45, 2.75) is 32.7 Å². The van der Waals surface area contributed by atoms with E-state index in [1.165, 1.54) is 16.3 Å². The number of hydrogen-bond donors (Lipinski definition) is 1. The maximum atomic E-state index is 6.40. The SMILES string of the molecule is CCC(CC)C(N)c1cccc2ccncc12. The van der Waals surface area contributed by atoms with Gasteiger partial charge in [0, 0.05) is 23.8 Å². The summed E-state index contributed by atoms with van der Waals surface area (Å²) < 4.78 is 0. The third-order valence-electron chi connectivity index (χ3n) is 3.63. The van der Waals surface area contributed by atoms with Crippen LogP contribution in [0.3, 0.4) is 0 Å². The summed E-state index contributed by atoms with van der Waals surface area (Å²) in [4.78, 5) is 4.21. The fraction of sp³-hybridized carbons (Fsp3) is 0.400. The van der Waals surface area contributed by atoms with E-state index in [-0.39, 0.29) is 6.04 Å². The topological polar surface area (TPSA) is 38.9 Å². The molecule has 0 bridgehead atoms. The minimum absolute atomic E-state index is 0.109. The molecule has 1 aromatic carbocycles. The van der Waals surface area contributed by atoms with E-state index in [1.54, 1.807) is 0 Å². The van der Waals surface area contributed by atoms with E-state index in [4.69, 9.17) is 5.73 Å². The van der Waals surface area contributed by atoms with Gasteiger partial charge in [-0.2, -0.15) is 0 Å². The van der Waals surface area contributed by atoms with Crippen molar-refractivity contribution in [2.75, 3.05) is 0 Å². The molecule has 0 aliphatic heterocycles. The Morgan fingerprint density at radius 1 is 1.18 bits per heavy atom. The zero-order valence-corrected chi connectivity index (χ0v) is 10.6. The van der Waals surface area contributed by atoms with Crippen LogP contribution in [0.2, 0.25) is 0 Å². The molecule has 0 fully saturated rings. The van der Waals surface area contributed by atoms with E-state index in [2.05, 4.69) is 37.0 Å². The molecule has 0 radical (unpaired) electrons. The summed E-state index contributed by atoms with van der Waals surface area (Å²) in [5.41, 5.74) is 7.62. The van der Waals surface area contributed by atoms with Crippen molar-refractivity contribution in [1.82, 2.24) is 4.98 Å². The number of pyridine rings is 1. The van der Waals surface area contributed by atoms with Gasteiger partial charge in [0.2, 0.25) is 0 Å². The third kappa shape index (κ3) is 2.32. The Hall–Kier alpha value is -1.41. The molecule has 0 saturated carbocycles. The molecule has 2 nitrogen and oxygen atoms in total. The van der Waals surface area contributed by atoms with Crippen LogP contribution in [-0.4, -0.2) is 4.98 Å². The minimum Gasteiger partial charge on any atom is -0.324 e. The molecule has 17 heavy (non-hydrogen) atoms. The highest BCUT2D eigenvalue weighted by atomic mass is 14.7. The predicted molar refractivity (Wildman–Crippen MR) is 72.7 cm³/mol. The highest BCUT2D eigenvalue weighted by Gasteiger charge is 2.17. The molecule has 90 valence electrons. The van der Waals surface area contributed by atoms with Crippen LogP contribution >= 0.6 is 0 Å². The Balaban J connectivity index is 2.47. The van der Waals surface area contributed by atoms with Gasteiger partial charge in [0.25, 0.3) is 0 Å². The molecule has 2 heteroatoms. The summed E-state index contributed by atoms with van der Waals surface area (Å²) >= 11 is 0. The molecule has 0 aliphatic rings. The summed E-state index contributed by atoms with van der Waals surface area (Å²) in [5.74, 6) is 0.542. The first-order valence-electron chi connectivity index (χ1n) is 6.36. The van der Waals surface area contributed by atoms with Gasteiger partial charge in [0.05, 0.1) is 0 Å². The standard InChI is InChI=1S/C15H20N2/c1-3-11(4-2)15(16)13-7-5-6-12-8-9-17-10-14(12)13/h5-11,15H,3-4,16H2,1-2H3. The first kappa shape index (κ1) is 12.1. The second-order valence-electron chi connectivity index (χ2n) is 4.55. The van der Waals surface area contributed by atoms with Crippen LogP contribution in [0.4, 0.5) is 0 Å². The first-order chi connectivity index (χ1) is 8.27. The quantitative estimate of drug-likeness (QED) is 0.867. The normalized spacial score (nSPS) is 13.2. The molecule has 0 saturated heterocycles. The van der Waals surface area contributed by atoms with Gasteiger partial charge in [-0.05, 0) is 22.9 Å². The lowest BCUT2D eigenvalue weighted by Crippen LogP contribution is -2.20. The van der Waals surface area contributed by atoms with E-state index in [0.717, 1.165) is 12.8 Å². The smallest absolute Gasteiger partial charge is 0.0349 e. The molecule has 2 N–H and O–H groups in total. The highest BCUT2D eigenvalue weighted by Crippen LogP contribution is 2.29. The molecule has 0 amide bonds. The minimum atomic E-state index is 0.109. The molecule has 0 spiro atoms. The van der Waals surface area contributed by atoms with Crippen LogP contribution in [0.15, 0.2) is 36.7 Å². The Morgan fingerprint density at radius 3 is 2.65 bits per heavy atom. The van der Waals surface area contributed by atoms with Crippen molar-refractivity contribution in [1.29, 1.82) is 0 Å². The lowest BCUT2D eigenvalue weighted by molar-refractivity contribution is 0.407. The number of nitrogens with zero attached hydrogens (tertiary/aromatic N) is 1. The number of nitrogens with two attached hydrogens (primary N) is 1. The zero-order chi connectivity index (χ0) is 12.3. The molecule has 1 atom stereocenters. The van der Waals surface area contributed by atoms with Gasteiger partial charge in [-0.1, -0.05) is 44.9 Å². The average Bonchev–Trinajstić information content (AvgIpc) is 2.39. The Bertz CT molecular complexity index is 484. The first-order valence-corrected chi connectivity index (χ1v) is 6.36. The Morgan fingerprint density at radius 2 is 1.94 bits per heavy atom. The predicted octanol–water partition coefficient (Wildman–Crippen LogP) is 3.67. The van der Waals surface area contributed by atoms with Crippen LogP contribution in [-0.2, 0) is 0 Å². The molecule has 1 unspecified atom stereocenters. The van der Waals surface area contributed by atoms with E-state index < -0.39 is 0 Å². The van der Waals surface area contributed by atoms with Gasteiger partial charge in [0.15, 0.2) is 0 Å². The van der Waals surface area contributed by atoms with Crippen LogP contribution < -0.4 is 5.73 Å². The Labute approximate surface area is 103 Å². The lowest BCUT2D eigenvalue weighted by Gasteiger charge is -2.22. The largest absolute Gasteiger partial charge is 0.324 e. The van der Waals surface area contributed by atoms with Crippen LogP contribution in [0.25, 0.3) is 10.8 Å². The van der Waals surface area contributed by atoms with Crippen LogP contribution in [0, 0.1) is 5.92 Å². The number of aromatic nitrogens is 1.